The van der Waals surface area contributed by atoms with Gasteiger partial charge in [-0.15, -0.1) is 0 Å². The van der Waals surface area contributed by atoms with Gasteiger partial charge in [0.2, 0.25) is 0 Å². The lowest BCUT2D eigenvalue weighted by Gasteiger charge is -2.14. The number of ether oxygens (including phenoxy) is 1. The zero-order valence-corrected chi connectivity index (χ0v) is 15.3. The molecule has 2 N–H and O–H groups in total. The predicted molar refractivity (Wildman–Crippen MR) is 107 cm³/mol. The quantitative estimate of drug-likeness (QED) is 0.648. The van der Waals surface area contributed by atoms with Crippen molar-refractivity contribution in [2.24, 2.45) is 0 Å². The number of fused-ring (bicyclic) bond motifs is 1. The summed E-state index contributed by atoms with van der Waals surface area (Å²) in [5.74, 6) is -1.52. The standard InChI is InChI=1S/C22H20N2O4/c1-15(23-21(26)17-9-3-2-4-10-17)22(27)28-14-20(25)24-19-13-7-11-16-8-5-6-12-18(16)19/h2-13,15H,14H2,1H3,(H,23,26)(H,24,25)/t15-/m0/s1. The summed E-state index contributed by atoms with van der Waals surface area (Å²) in [6.07, 6.45) is 0. The van der Waals surface area contributed by atoms with Crippen LogP contribution in [0.1, 0.15) is 17.3 Å². The summed E-state index contributed by atoms with van der Waals surface area (Å²) in [6, 6.07) is 20.9. The van der Waals surface area contributed by atoms with Crippen LogP contribution in [-0.4, -0.2) is 30.4 Å². The average molecular weight is 376 g/mol. The maximum Gasteiger partial charge on any atom is 0.328 e. The van der Waals surface area contributed by atoms with Crippen molar-refractivity contribution in [1.29, 1.82) is 0 Å². The maximum atomic E-state index is 12.2. The summed E-state index contributed by atoms with van der Waals surface area (Å²) in [6.45, 7) is 1.07. The lowest BCUT2D eigenvalue weighted by atomic mass is 10.1. The molecule has 6 nitrogen and oxygen atoms in total. The smallest absolute Gasteiger partial charge is 0.328 e. The Balaban J connectivity index is 1.52. The van der Waals surface area contributed by atoms with Crippen molar-refractivity contribution in [2.45, 2.75) is 13.0 Å². The summed E-state index contributed by atoms with van der Waals surface area (Å²) < 4.78 is 5.02. The average Bonchev–Trinajstić information content (AvgIpc) is 2.73. The Morgan fingerprint density at radius 2 is 1.57 bits per heavy atom. The lowest BCUT2D eigenvalue weighted by molar-refractivity contribution is -0.148. The molecule has 0 saturated heterocycles. The number of rotatable bonds is 6. The molecule has 3 aromatic rings. The maximum absolute atomic E-state index is 12.2. The van der Waals surface area contributed by atoms with Crippen molar-refractivity contribution in [2.75, 3.05) is 11.9 Å². The van der Waals surface area contributed by atoms with Gasteiger partial charge >= 0.3 is 5.97 Å². The lowest BCUT2D eigenvalue weighted by Crippen LogP contribution is -2.40. The highest BCUT2D eigenvalue weighted by atomic mass is 16.5. The van der Waals surface area contributed by atoms with E-state index in [1.54, 1.807) is 36.4 Å². The Kier molecular flexibility index (Phi) is 6.01. The Hall–Kier alpha value is -3.67. The second-order valence-corrected chi connectivity index (χ2v) is 6.24. The normalized spacial score (nSPS) is 11.5. The number of hydrogen-bond acceptors (Lipinski definition) is 4. The molecule has 0 unspecified atom stereocenters. The Morgan fingerprint density at radius 3 is 2.36 bits per heavy atom. The van der Waals surface area contributed by atoms with Crippen LogP contribution in [0.4, 0.5) is 5.69 Å². The molecule has 0 saturated carbocycles. The third kappa shape index (κ3) is 4.73. The molecule has 3 rings (SSSR count). The molecule has 0 bridgehead atoms. The highest BCUT2D eigenvalue weighted by Gasteiger charge is 2.19. The molecule has 0 spiro atoms. The van der Waals surface area contributed by atoms with E-state index in [0.29, 0.717) is 11.3 Å². The van der Waals surface area contributed by atoms with E-state index in [0.717, 1.165) is 10.8 Å². The molecular formula is C22H20N2O4. The van der Waals surface area contributed by atoms with E-state index in [2.05, 4.69) is 10.6 Å². The number of esters is 1. The molecule has 0 fully saturated rings. The number of hydrogen-bond donors (Lipinski definition) is 2. The summed E-state index contributed by atoms with van der Waals surface area (Å²) in [4.78, 5) is 36.3. The van der Waals surface area contributed by atoms with Crippen LogP contribution in [0.2, 0.25) is 0 Å². The van der Waals surface area contributed by atoms with E-state index >= 15 is 0 Å². The van der Waals surface area contributed by atoms with Gasteiger partial charge < -0.3 is 15.4 Å². The summed E-state index contributed by atoms with van der Waals surface area (Å²) in [5.41, 5.74) is 1.08. The Bertz CT molecular complexity index is 996. The molecule has 0 aromatic heterocycles. The minimum absolute atomic E-state index is 0.384. The number of benzene rings is 3. The Morgan fingerprint density at radius 1 is 0.893 bits per heavy atom. The van der Waals surface area contributed by atoms with Gasteiger partial charge in [-0.2, -0.15) is 0 Å². The van der Waals surface area contributed by atoms with E-state index < -0.39 is 24.5 Å². The fourth-order valence-electron chi connectivity index (χ4n) is 2.71. The van der Waals surface area contributed by atoms with Crippen molar-refractivity contribution < 1.29 is 19.1 Å². The van der Waals surface area contributed by atoms with E-state index in [1.165, 1.54) is 6.92 Å². The number of carbonyl (C=O) groups excluding carboxylic acids is 3. The molecule has 0 aliphatic rings. The molecule has 142 valence electrons. The highest BCUT2D eigenvalue weighted by Crippen LogP contribution is 2.22. The molecule has 3 aromatic carbocycles. The first kappa shape index (κ1) is 19.1. The SMILES string of the molecule is C[C@H](NC(=O)c1ccccc1)C(=O)OCC(=O)Nc1cccc2ccccc12. The van der Waals surface area contributed by atoms with Crippen molar-refractivity contribution in [3.05, 3.63) is 78.4 Å². The highest BCUT2D eigenvalue weighted by molar-refractivity contribution is 6.03. The molecule has 6 heteroatoms. The van der Waals surface area contributed by atoms with Gasteiger partial charge in [-0.05, 0) is 30.5 Å². The van der Waals surface area contributed by atoms with Gasteiger partial charge in [-0.1, -0.05) is 54.6 Å². The van der Waals surface area contributed by atoms with Gasteiger partial charge in [0.05, 0.1) is 0 Å². The first-order valence-corrected chi connectivity index (χ1v) is 8.85. The fourth-order valence-corrected chi connectivity index (χ4v) is 2.71. The van der Waals surface area contributed by atoms with Crippen molar-refractivity contribution >= 4 is 34.2 Å². The minimum Gasteiger partial charge on any atom is -0.454 e. The first-order valence-electron chi connectivity index (χ1n) is 8.85. The molecule has 0 radical (unpaired) electrons. The van der Waals surface area contributed by atoms with Gasteiger partial charge in [0.15, 0.2) is 6.61 Å². The van der Waals surface area contributed by atoms with Gasteiger partial charge in [0, 0.05) is 16.6 Å². The van der Waals surface area contributed by atoms with Crippen LogP contribution in [0.5, 0.6) is 0 Å². The second kappa shape index (κ2) is 8.81. The van der Waals surface area contributed by atoms with Crippen LogP contribution in [0, 0.1) is 0 Å². The monoisotopic (exact) mass is 376 g/mol. The van der Waals surface area contributed by atoms with Crippen LogP contribution >= 0.6 is 0 Å². The number of carbonyl (C=O) groups is 3. The second-order valence-electron chi connectivity index (χ2n) is 6.24. The van der Waals surface area contributed by atoms with Gasteiger partial charge in [0.25, 0.3) is 11.8 Å². The first-order chi connectivity index (χ1) is 13.5. The zero-order chi connectivity index (χ0) is 19.9. The van der Waals surface area contributed by atoms with E-state index in [4.69, 9.17) is 4.74 Å². The third-order valence-corrected chi connectivity index (χ3v) is 4.15. The van der Waals surface area contributed by atoms with Gasteiger partial charge in [-0.3, -0.25) is 9.59 Å². The molecule has 2 amide bonds. The fraction of sp³-hybridized carbons (Fsp3) is 0.136. The summed E-state index contributed by atoms with van der Waals surface area (Å²) >= 11 is 0. The number of anilines is 1. The van der Waals surface area contributed by atoms with Crippen LogP contribution in [-0.2, 0) is 14.3 Å². The van der Waals surface area contributed by atoms with E-state index in [1.807, 2.05) is 36.4 Å². The van der Waals surface area contributed by atoms with Crippen LogP contribution < -0.4 is 10.6 Å². The van der Waals surface area contributed by atoms with Crippen molar-refractivity contribution in [1.82, 2.24) is 5.32 Å². The van der Waals surface area contributed by atoms with Gasteiger partial charge in [0.1, 0.15) is 6.04 Å². The number of amides is 2. The molecular weight excluding hydrogens is 356 g/mol. The third-order valence-electron chi connectivity index (χ3n) is 4.15. The molecule has 0 aliphatic carbocycles. The topological polar surface area (TPSA) is 84.5 Å². The summed E-state index contributed by atoms with van der Waals surface area (Å²) in [5, 5.41) is 7.18. The zero-order valence-electron chi connectivity index (χ0n) is 15.3. The molecule has 0 aliphatic heterocycles. The Labute approximate surface area is 162 Å². The summed E-state index contributed by atoms with van der Waals surface area (Å²) in [7, 11) is 0. The van der Waals surface area contributed by atoms with E-state index in [9.17, 15) is 14.4 Å². The number of nitrogens with one attached hydrogen (secondary N) is 2. The molecule has 28 heavy (non-hydrogen) atoms. The van der Waals surface area contributed by atoms with E-state index in [-0.39, 0.29) is 5.91 Å². The van der Waals surface area contributed by atoms with Crippen LogP contribution in [0.3, 0.4) is 0 Å². The molecule has 1 atom stereocenters. The molecule has 0 heterocycles. The van der Waals surface area contributed by atoms with Crippen molar-refractivity contribution in [3.8, 4) is 0 Å². The van der Waals surface area contributed by atoms with Crippen molar-refractivity contribution in [3.63, 3.8) is 0 Å². The predicted octanol–water partition coefficient (Wildman–Crippen LogP) is 3.14. The largest absolute Gasteiger partial charge is 0.454 e. The van der Waals surface area contributed by atoms with Gasteiger partial charge in [-0.25, -0.2) is 4.79 Å². The van der Waals surface area contributed by atoms with Crippen LogP contribution in [0.25, 0.3) is 10.8 Å². The van der Waals surface area contributed by atoms with Crippen LogP contribution in [0.15, 0.2) is 72.8 Å². The minimum atomic E-state index is -0.877.